The summed E-state index contributed by atoms with van der Waals surface area (Å²) in [7, 11) is 0. The van der Waals surface area contributed by atoms with Gasteiger partial charge in [0, 0.05) is 0 Å². The van der Waals surface area contributed by atoms with Crippen molar-refractivity contribution >= 4 is 11.4 Å². The van der Waals surface area contributed by atoms with Gasteiger partial charge < -0.3 is 11.5 Å². The van der Waals surface area contributed by atoms with E-state index in [1.54, 1.807) is 0 Å². The van der Waals surface area contributed by atoms with Crippen LogP contribution < -0.4 is 11.5 Å². The van der Waals surface area contributed by atoms with E-state index < -0.39 is 0 Å². The minimum atomic E-state index is 0.401. The molecule has 3 aliphatic rings. The SMILES string of the molecule is C=C1CCC2C3CCc4cc(N)c(N)cc4C3CCC12C. The van der Waals surface area contributed by atoms with E-state index in [4.69, 9.17) is 11.5 Å². The van der Waals surface area contributed by atoms with Crippen molar-refractivity contribution < 1.29 is 0 Å². The molecule has 2 nitrogen and oxygen atoms in total. The van der Waals surface area contributed by atoms with Gasteiger partial charge in [-0.25, -0.2) is 0 Å². The molecule has 2 heteroatoms. The summed E-state index contributed by atoms with van der Waals surface area (Å²) in [6.45, 7) is 6.85. The maximum atomic E-state index is 6.08. The quantitative estimate of drug-likeness (QED) is 0.551. The van der Waals surface area contributed by atoms with Gasteiger partial charge in [0.1, 0.15) is 0 Å². The van der Waals surface area contributed by atoms with E-state index in [9.17, 15) is 0 Å². The van der Waals surface area contributed by atoms with Gasteiger partial charge in [0.05, 0.1) is 11.4 Å². The van der Waals surface area contributed by atoms with Crippen molar-refractivity contribution in [3.05, 3.63) is 35.4 Å². The highest BCUT2D eigenvalue weighted by atomic mass is 14.7. The van der Waals surface area contributed by atoms with Crippen molar-refractivity contribution in [2.75, 3.05) is 11.5 Å². The van der Waals surface area contributed by atoms with Crippen molar-refractivity contribution in [2.24, 2.45) is 17.3 Å². The molecule has 4 unspecified atom stereocenters. The molecular weight excluding hydrogens is 256 g/mol. The van der Waals surface area contributed by atoms with Crippen LogP contribution in [0.25, 0.3) is 0 Å². The number of aryl methyl sites for hydroxylation is 1. The van der Waals surface area contributed by atoms with Crippen molar-refractivity contribution in [3.8, 4) is 0 Å². The minimum Gasteiger partial charge on any atom is -0.397 e. The van der Waals surface area contributed by atoms with Gasteiger partial charge in [-0.05, 0) is 85.0 Å². The lowest BCUT2D eigenvalue weighted by atomic mass is 9.55. The van der Waals surface area contributed by atoms with Crippen LogP contribution in [-0.4, -0.2) is 0 Å². The Morgan fingerprint density at radius 1 is 1.10 bits per heavy atom. The second-order valence-corrected chi connectivity index (χ2v) is 7.69. The third kappa shape index (κ3) is 1.71. The highest BCUT2D eigenvalue weighted by Crippen LogP contribution is 2.62. The Bertz CT molecular complexity index is 618. The van der Waals surface area contributed by atoms with E-state index in [2.05, 4.69) is 25.6 Å². The number of benzene rings is 1. The molecule has 2 fully saturated rings. The average Bonchev–Trinajstić information content (AvgIpc) is 2.76. The predicted octanol–water partition coefficient (Wildman–Crippen LogP) is 4.26. The van der Waals surface area contributed by atoms with Crippen LogP contribution in [0.4, 0.5) is 11.4 Å². The van der Waals surface area contributed by atoms with Gasteiger partial charge in [0.15, 0.2) is 0 Å². The van der Waals surface area contributed by atoms with Crippen LogP contribution in [0.3, 0.4) is 0 Å². The summed E-state index contributed by atoms with van der Waals surface area (Å²) in [6.07, 6.45) is 7.64. The third-order valence-electron chi connectivity index (χ3n) is 6.88. The Morgan fingerprint density at radius 3 is 2.67 bits per heavy atom. The van der Waals surface area contributed by atoms with Crippen LogP contribution in [0.5, 0.6) is 0 Å². The van der Waals surface area contributed by atoms with Gasteiger partial charge in [0.2, 0.25) is 0 Å². The number of rotatable bonds is 0. The number of allylic oxidation sites excluding steroid dienone is 1. The summed E-state index contributed by atoms with van der Waals surface area (Å²) in [4.78, 5) is 0. The first-order valence-corrected chi connectivity index (χ1v) is 8.37. The zero-order valence-electron chi connectivity index (χ0n) is 13.0. The Balaban J connectivity index is 1.75. The van der Waals surface area contributed by atoms with Gasteiger partial charge in [-0.3, -0.25) is 0 Å². The number of hydrogen-bond acceptors (Lipinski definition) is 2. The van der Waals surface area contributed by atoms with Crippen LogP contribution in [0.1, 0.15) is 56.1 Å². The molecule has 1 aromatic rings. The van der Waals surface area contributed by atoms with E-state index >= 15 is 0 Å². The van der Waals surface area contributed by atoms with Crippen LogP contribution in [0.2, 0.25) is 0 Å². The summed E-state index contributed by atoms with van der Waals surface area (Å²) < 4.78 is 0. The van der Waals surface area contributed by atoms with Gasteiger partial charge in [-0.1, -0.05) is 19.1 Å². The fraction of sp³-hybridized carbons (Fsp3) is 0.579. The molecule has 0 heterocycles. The molecule has 4 N–H and O–H groups in total. The molecule has 3 aliphatic carbocycles. The lowest BCUT2D eigenvalue weighted by molar-refractivity contribution is 0.0817. The fourth-order valence-electron chi connectivity index (χ4n) is 5.56. The maximum absolute atomic E-state index is 6.08. The Hall–Kier alpha value is -1.44. The van der Waals surface area contributed by atoms with E-state index in [1.807, 2.05) is 0 Å². The molecule has 0 aliphatic heterocycles. The van der Waals surface area contributed by atoms with Crippen LogP contribution in [-0.2, 0) is 6.42 Å². The topological polar surface area (TPSA) is 52.0 Å². The highest BCUT2D eigenvalue weighted by molar-refractivity contribution is 5.66. The predicted molar refractivity (Wildman–Crippen MR) is 89.0 cm³/mol. The summed E-state index contributed by atoms with van der Waals surface area (Å²) >= 11 is 0. The van der Waals surface area contributed by atoms with Crippen LogP contribution in [0.15, 0.2) is 24.3 Å². The third-order valence-corrected chi connectivity index (χ3v) is 6.88. The first-order valence-electron chi connectivity index (χ1n) is 8.37. The molecule has 0 saturated heterocycles. The molecule has 112 valence electrons. The second kappa shape index (κ2) is 4.28. The molecule has 2 saturated carbocycles. The molecule has 0 amide bonds. The van der Waals surface area contributed by atoms with Gasteiger partial charge >= 0.3 is 0 Å². The molecule has 4 rings (SSSR count). The van der Waals surface area contributed by atoms with Gasteiger partial charge in [0.25, 0.3) is 0 Å². The molecule has 0 aromatic heterocycles. The summed E-state index contributed by atoms with van der Waals surface area (Å²) in [5.41, 5.74) is 18.5. The summed E-state index contributed by atoms with van der Waals surface area (Å²) in [6, 6.07) is 4.30. The smallest absolute Gasteiger partial charge is 0.0550 e. The molecule has 1 aromatic carbocycles. The number of anilines is 2. The molecule has 4 atom stereocenters. The molecule has 21 heavy (non-hydrogen) atoms. The monoisotopic (exact) mass is 282 g/mol. The zero-order valence-corrected chi connectivity index (χ0v) is 13.0. The molecular formula is C19H26N2. The maximum Gasteiger partial charge on any atom is 0.0550 e. The van der Waals surface area contributed by atoms with E-state index in [0.29, 0.717) is 11.3 Å². The standard InChI is InChI=1S/C19H26N2/c1-11-3-6-16-14-5-4-12-9-17(20)18(21)10-15(12)13(14)7-8-19(11,16)2/h9-10,13-14,16H,1,3-8,20-21H2,2H3. The van der Waals surface area contributed by atoms with Crippen LogP contribution >= 0.6 is 0 Å². The molecule has 0 radical (unpaired) electrons. The zero-order chi connectivity index (χ0) is 14.8. The first-order chi connectivity index (χ1) is 10.0. The van der Waals surface area contributed by atoms with Crippen molar-refractivity contribution in [1.29, 1.82) is 0 Å². The number of nitrogen functional groups attached to an aromatic ring is 2. The van der Waals surface area contributed by atoms with Crippen molar-refractivity contribution in [1.82, 2.24) is 0 Å². The number of fused-ring (bicyclic) bond motifs is 5. The second-order valence-electron chi connectivity index (χ2n) is 7.69. The highest BCUT2D eigenvalue weighted by Gasteiger charge is 2.51. The minimum absolute atomic E-state index is 0.401. The van der Waals surface area contributed by atoms with Gasteiger partial charge in [-0.2, -0.15) is 0 Å². The van der Waals surface area contributed by atoms with Crippen molar-refractivity contribution in [3.63, 3.8) is 0 Å². The lowest BCUT2D eigenvalue weighted by Crippen LogP contribution is -2.40. The van der Waals surface area contributed by atoms with E-state index in [0.717, 1.165) is 23.2 Å². The Morgan fingerprint density at radius 2 is 1.86 bits per heavy atom. The Kier molecular flexibility index (Phi) is 2.70. The van der Waals surface area contributed by atoms with Gasteiger partial charge in [-0.15, -0.1) is 0 Å². The average molecular weight is 282 g/mol. The van der Waals surface area contributed by atoms with Crippen LogP contribution in [0, 0.1) is 17.3 Å². The molecule has 0 bridgehead atoms. The normalized spacial score (nSPS) is 37.8. The Labute approximate surface area is 127 Å². The lowest BCUT2D eigenvalue weighted by Gasteiger charge is -2.49. The van der Waals surface area contributed by atoms with Crippen molar-refractivity contribution in [2.45, 2.75) is 51.4 Å². The fourth-order valence-corrected chi connectivity index (χ4v) is 5.56. The summed E-state index contributed by atoms with van der Waals surface area (Å²) in [5, 5.41) is 0. The van der Waals surface area contributed by atoms with E-state index in [-0.39, 0.29) is 0 Å². The summed E-state index contributed by atoms with van der Waals surface area (Å²) in [5.74, 6) is 2.34. The first kappa shape index (κ1) is 13.2. The molecule has 0 spiro atoms. The number of hydrogen-bond donors (Lipinski definition) is 2. The largest absolute Gasteiger partial charge is 0.397 e. The van der Waals surface area contributed by atoms with E-state index in [1.165, 1.54) is 55.2 Å². The number of nitrogens with two attached hydrogens (primary N) is 2.